The van der Waals surface area contributed by atoms with Crippen molar-refractivity contribution in [2.45, 2.75) is 5.75 Å². The number of nitrogens with zero attached hydrogens (tertiary/aromatic N) is 1. The molecule has 0 amide bonds. The Labute approximate surface area is 143 Å². The average Bonchev–Trinajstić information content (AvgIpc) is 2.60. The van der Waals surface area contributed by atoms with Gasteiger partial charge in [-0.05, 0) is 23.8 Å². The van der Waals surface area contributed by atoms with Crippen LogP contribution < -0.4 is 0 Å². The summed E-state index contributed by atoms with van der Waals surface area (Å²) in [5.41, 5.74) is -1.51. The first-order valence-electron chi connectivity index (χ1n) is 6.69. The molecule has 0 aliphatic heterocycles. The SMILES string of the molecule is N#C/C(=C\c1c(F)c(F)c(F)c(F)c1F)S(=O)(=O)Cc1ccc(F)cc1. The average molecular weight is 391 g/mol. The third kappa shape index (κ3) is 3.72. The van der Waals surface area contributed by atoms with Gasteiger partial charge in [-0.1, -0.05) is 12.1 Å². The molecular formula is C16H7F6NO2S. The molecule has 0 saturated carbocycles. The molecule has 0 N–H and O–H groups in total. The molecule has 0 saturated heterocycles. The Morgan fingerprint density at radius 3 is 1.81 bits per heavy atom. The molecule has 2 aromatic rings. The van der Waals surface area contributed by atoms with Crippen LogP contribution in [-0.2, 0) is 15.6 Å². The minimum Gasteiger partial charge on any atom is -0.223 e. The molecule has 0 bridgehead atoms. The van der Waals surface area contributed by atoms with Crippen LogP contribution in [0.1, 0.15) is 11.1 Å². The second-order valence-corrected chi connectivity index (χ2v) is 6.95. The van der Waals surface area contributed by atoms with Crippen molar-refractivity contribution in [2.75, 3.05) is 0 Å². The summed E-state index contributed by atoms with van der Waals surface area (Å²) in [6.07, 6.45) is 0.0646. The summed E-state index contributed by atoms with van der Waals surface area (Å²) < 4.78 is 104. The van der Waals surface area contributed by atoms with Crippen LogP contribution in [0.2, 0.25) is 0 Å². The predicted molar refractivity (Wildman–Crippen MR) is 78.8 cm³/mol. The predicted octanol–water partition coefficient (Wildman–Crippen LogP) is 4.00. The van der Waals surface area contributed by atoms with Crippen LogP contribution in [0, 0.1) is 46.2 Å². The number of allylic oxidation sites excluding steroid dienone is 1. The summed E-state index contributed by atoms with van der Waals surface area (Å²) in [7, 11) is -4.50. The Morgan fingerprint density at radius 1 is 0.885 bits per heavy atom. The fourth-order valence-corrected chi connectivity index (χ4v) is 3.17. The monoisotopic (exact) mass is 391 g/mol. The lowest BCUT2D eigenvalue weighted by Gasteiger charge is -2.07. The van der Waals surface area contributed by atoms with Crippen molar-refractivity contribution >= 4 is 15.9 Å². The summed E-state index contributed by atoms with van der Waals surface area (Å²) in [6, 6.07) is 5.25. The summed E-state index contributed by atoms with van der Waals surface area (Å²) in [5, 5.41) is 8.96. The van der Waals surface area contributed by atoms with E-state index in [1.165, 1.54) is 0 Å². The summed E-state index contributed by atoms with van der Waals surface area (Å²) in [4.78, 5) is -1.22. The van der Waals surface area contributed by atoms with Gasteiger partial charge in [0.25, 0.3) is 0 Å². The van der Waals surface area contributed by atoms with Crippen LogP contribution in [0.15, 0.2) is 29.2 Å². The van der Waals surface area contributed by atoms with Gasteiger partial charge in [0.15, 0.2) is 33.1 Å². The van der Waals surface area contributed by atoms with Crippen molar-refractivity contribution in [3.8, 4) is 6.07 Å². The van der Waals surface area contributed by atoms with E-state index in [0.717, 1.165) is 30.3 Å². The van der Waals surface area contributed by atoms with Crippen molar-refractivity contribution in [1.29, 1.82) is 5.26 Å². The highest BCUT2D eigenvalue weighted by Gasteiger charge is 2.27. The minimum atomic E-state index is -4.50. The van der Waals surface area contributed by atoms with Gasteiger partial charge in [0, 0.05) is 0 Å². The second-order valence-electron chi connectivity index (χ2n) is 4.99. The molecule has 3 nitrogen and oxygen atoms in total. The molecule has 10 heteroatoms. The lowest BCUT2D eigenvalue weighted by molar-refractivity contribution is 0.377. The van der Waals surface area contributed by atoms with Crippen LogP contribution in [-0.4, -0.2) is 8.42 Å². The fourth-order valence-electron chi connectivity index (χ4n) is 1.95. The number of benzene rings is 2. The summed E-state index contributed by atoms with van der Waals surface area (Å²) >= 11 is 0. The van der Waals surface area contributed by atoms with Crippen LogP contribution in [0.4, 0.5) is 26.3 Å². The molecule has 0 unspecified atom stereocenters. The normalized spacial score (nSPS) is 12.1. The smallest absolute Gasteiger partial charge is 0.200 e. The van der Waals surface area contributed by atoms with Crippen molar-refractivity contribution < 1.29 is 34.8 Å². The zero-order valence-electron chi connectivity index (χ0n) is 12.5. The zero-order valence-corrected chi connectivity index (χ0v) is 13.4. The van der Waals surface area contributed by atoms with Crippen molar-refractivity contribution in [3.63, 3.8) is 0 Å². The molecular weight excluding hydrogens is 384 g/mol. The van der Waals surface area contributed by atoms with Crippen LogP contribution >= 0.6 is 0 Å². The van der Waals surface area contributed by atoms with Gasteiger partial charge in [0.1, 0.15) is 16.8 Å². The highest BCUT2D eigenvalue weighted by molar-refractivity contribution is 7.95. The lowest BCUT2D eigenvalue weighted by atomic mass is 10.1. The maximum atomic E-state index is 13.6. The Morgan fingerprint density at radius 2 is 1.35 bits per heavy atom. The molecule has 0 aliphatic rings. The van der Waals surface area contributed by atoms with Gasteiger partial charge in [-0.25, -0.2) is 34.8 Å². The molecule has 0 heterocycles. The van der Waals surface area contributed by atoms with Crippen LogP contribution in [0.5, 0.6) is 0 Å². The first-order chi connectivity index (χ1) is 12.1. The van der Waals surface area contributed by atoms with E-state index in [2.05, 4.69) is 0 Å². The van der Waals surface area contributed by atoms with E-state index in [0.29, 0.717) is 0 Å². The third-order valence-corrected chi connectivity index (χ3v) is 4.83. The lowest BCUT2D eigenvalue weighted by Crippen LogP contribution is -2.09. The van der Waals surface area contributed by atoms with E-state index in [9.17, 15) is 34.8 Å². The molecule has 0 atom stereocenters. The fraction of sp³-hybridized carbons (Fsp3) is 0.0625. The number of rotatable bonds is 4. The Bertz CT molecular complexity index is 1010. The van der Waals surface area contributed by atoms with Gasteiger partial charge < -0.3 is 0 Å². The van der Waals surface area contributed by atoms with Crippen LogP contribution in [0.3, 0.4) is 0 Å². The quantitative estimate of drug-likeness (QED) is 0.343. The molecule has 0 fully saturated rings. The van der Waals surface area contributed by atoms with E-state index in [-0.39, 0.29) is 11.6 Å². The van der Waals surface area contributed by atoms with E-state index in [1.54, 1.807) is 0 Å². The highest BCUT2D eigenvalue weighted by atomic mass is 32.2. The maximum Gasteiger partial charge on any atom is 0.200 e. The maximum absolute atomic E-state index is 13.6. The molecule has 26 heavy (non-hydrogen) atoms. The molecule has 2 aromatic carbocycles. The molecule has 0 radical (unpaired) electrons. The van der Waals surface area contributed by atoms with Gasteiger partial charge in [0.05, 0.1) is 11.3 Å². The number of hydrogen-bond donors (Lipinski definition) is 0. The van der Waals surface area contributed by atoms with E-state index >= 15 is 0 Å². The highest BCUT2D eigenvalue weighted by Crippen LogP contribution is 2.26. The number of sulfone groups is 1. The van der Waals surface area contributed by atoms with Gasteiger partial charge in [-0.2, -0.15) is 5.26 Å². The molecule has 0 spiro atoms. The second kappa shape index (κ2) is 7.21. The van der Waals surface area contributed by atoms with E-state index in [1.807, 2.05) is 0 Å². The van der Waals surface area contributed by atoms with Gasteiger partial charge in [0.2, 0.25) is 5.82 Å². The van der Waals surface area contributed by atoms with Crippen molar-refractivity contribution in [3.05, 3.63) is 75.2 Å². The van der Waals surface area contributed by atoms with Crippen molar-refractivity contribution in [1.82, 2.24) is 0 Å². The standard InChI is InChI=1S/C16H7F6NO2S/c17-9-3-1-8(2-4-9)7-26(24,25)10(6-23)5-11-12(18)14(20)16(22)15(21)13(11)19/h1-5H,7H2/b10-5+. The molecule has 136 valence electrons. The third-order valence-electron chi connectivity index (χ3n) is 3.23. The molecule has 2 rings (SSSR count). The van der Waals surface area contributed by atoms with Gasteiger partial charge >= 0.3 is 0 Å². The molecule has 0 aromatic heterocycles. The van der Waals surface area contributed by atoms with Gasteiger partial charge in [-0.15, -0.1) is 0 Å². The minimum absolute atomic E-state index is 0.0463. The Balaban J connectivity index is 2.55. The first kappa shape index (κ1) is 19.5. The topological polar surface area (TPSA) is 57.9 Å². The van der Waals surface area contributed by atoms with E-state index < -0.39 is 61.0 Å². The summed E-state index contributed by atoms with van der Waals surface area (Å²) in [5.74, 6) is -13.0. The van der Waals surface area contributed by atoms with E-state index in [4.69, 9.17) is 5.26 Å². The number of nitriles is 1. The largest absolute Gasteiger partial charge is 0.223 e. The number of hydrogen-bond acceptors (Lipinski definition) is 3. The van der Waals surface area contributed by atoms with Crippen molar-refractivity contribution in [2.24, 2.45) is 0 Å². The van der Waals surface area contributed by atoms with Crippen LogP contribution in [0.25, 0.3) is 6.08 Å². The molecule has 0 aliphatic carbocycles. The number of halogens is 6. The van der Waals surface area contributed by atoms with Gasteiger partial charge in [-0.3, -0.25) is 0 Å². The zero-order chi connectivity index (χ0) is 19.6. The Hall–Kier alpha value is -2.80. The first-order valence-corrected chi connectivity index (χ1v) is 8.34. The Kier molecular flexibility index (Phi) is 5.41. The summed E-state index contributed by atoms with van der Waals surface area (Å²) in [6.45, 7) is 0.